The number of benzene rings is 1. The predicted octanol–water partition coefficient (Wildman–Crippen LogP) is 1.71. The number of hydroxylamine groups is 2. The van der Waals surface area contributed by atoms with Crippen molar-refractivity contribution < 1.29 is 19.2 Å². The molecule has 0 saturated heterocycles. The summed E-state index contributed by atoms with van der Waals surface area (Å²) in [4.78, 5) is 28.9. The van der Waals surface area contributed by atoms with Gasteiger partial charge in [-0.2, -0.15) is 5.10 Å². The minimum Gasteiger partial charge on any atom is -0.456 e. The third kappa shape index (κ3) is 3.32. The first kappa shape index (κ1) is 15.7. The van der Waals surface area contributed by atoms with E-state index < -0.39 is 11.9 Å². The first-order valence-corrected chi connectivity index (χ1v) is 6.62. The summed E-state index contributed by atoms with van der Waals surface area (Å²) in [7, 11) is 2.83. The van der Waals surface area contributed by atoms with Gasteiger partial charge in [0.05, 0.1) is 7.11 Å². The van der Waals surface area contributed by atoms with Crippen LogP contribution in [0.15, 0.2) is 30.3 Å². The minimum atomic E-state index is -0.562. The van der Waals surface area contributed by atoms with Crippen molar-refractivity contribution in [3.8, 4) is 0 Å². The van der Waals surface area contributed by atoms with Gasteiger partial charge in [0.1, 0.15) is 12.3 Å². The van der Waals surface area contributed by atoms with Crippen molar-refractivity contribution in [3.63, 3.8) is 0 Å². The fourth-order valence-corrected chi connectivity index (χ4v) is 1.83. The highest BCUT2D eigenvalue weighted by Crippen LogP contribution is 2.14. The average molecular weight is 303 g/mol. The van der Waals surface area contributed by atoms with Gasteiger partial charge in [-0.25, -0.2) is 9.86 Å². The normalized spacial score (nSPS) is 10.3. The lowest BCUT2D eigenvalue weighted by Gasteiger charge is -2.11. The number of aromatic amines is 1. The zero-order valence-electron chi connectivity index (χ0n) is 12.6. The van der Waals surface area contributed by atoms with Crippen molar-refractivity contribution in [2.24, 2.45) is 0 Å². The van der Waals surface area contributed by atoms with Gasteiger partial charge < -0.3 is 4.74 Å². The van der Waals surface area contributed by atoms with Crippen LogP contribution in [-0.2, 0) is 16.2 Å². The van der Waals surface area contributed by atoms with Gasteiger partial charge in [-0.3, -0.25) is 14.7 Å². The van der Waals surface area contributed by atoms with Crippen LogP contribution in [0.4, 0.5) is 0 Å². The van der Waals surface area contributed by atoms with Crippen molar-refractivity contribution >= 4 is 11.9 Å². The second-order valence-electron chi connectivity index (χ2n) is 4.62. The minimum absolute atomic E-state index is 0.121. The Morgan fingerprint density at radius 1 is 1.27 bits per heavy atom. The maximum absolute atomic E-state index is 12.1. The average Bonchev–Trinajstić information content (AvgIpc) is 2.93. The summed E-state index contributed by atoms with van der Waals surface area (Å²) < 4.78 is 5.21. The second-order valence-corrected chi connectivity index (χ2v) is 4.62. The first-order chi connectivity index (χ1) is 10.5. The molecule has 2 aromatic rings. The molecular weight excluding hydrogens is 286 g/mol. The molecule has 7 nitrogen and oxygen atoms in total. The molecule has 7 heteroatoms. The maximum Gasteiger partial charge on any atom is 0.356 e. The predicted molar refractivity (Wildman–Crippen MR) is 78.0 cm³/mol. The van der Waals surface area contributed by atoms with Crippen molar-refractivity contribution in [2.75, 3.05) is 14.2 Å². The number of ether oxygens (including phenoxy) is 1. The van der Waals surface area contributed by atoms with Gasteiger partial charge in [-0.05, 0) is 12.5 Å². The van der Waals surface area contributed by atoms with Crippen LogP contribution >= 0.6 is 0 Å². The molecule has 22 heavy (non-hydrogen) atoms. The lowest BCUT2D eigenvalue weighted by molar-refractivity contribution is -0.0761. The molecular formula is C15H17N3O4. The van der Waals surface area contributed by atoms with Crippen LogP contribution in [0.5, 0.6) is 0 Å². The van der Waals surface area contributed by atoms with E-state index in [1.54, 1.807) is 6.92 Å². The number of carbonyl (C=O) groups is 2. The van der Waals surface area contributed by atoms with Crippen LogP contribution in [0.2, 0.25) is 0 Å². The van der Waals surface area contributed by atoms with Gasteiger partial charge in [0.2, 0.25) is 0 Å². The van der Waals surface area contributed by atoms with E-state index in [1.807, 2.05) is 30.3 Å². The molecule has 0 aliphatic rings. The summed E-state index contributed by atoms with van der Waals surface area (Å²) in [5.41, 5.74) is 1.58. The Labute approximate surface area is 127 Å². The zero-order chi connectivity index (χ0) is 16.1. The number of amides is 1. The van der Waals surface area contributed by atoms with Crippen molar-refractivity contribution in [2.45, 2.75) is 13.5 Å². The Morgan fingerprint density at radius 3 is 2.59 bits per heavy atom. The molecule has 2 rings (SSSR count). The molecule has 0 spiro atoms. The van der Waals surface area contributed by atoms with Crippen LogP contribution in [-0.4, -0.2) is 41.3 Å². The van der Waals surface area contributed by atoms with E-state index in [0.717, 1.165) is 10.6 Å². The topological polar surface area (TPSA) is 84.5 Å². The number of esters is 1. The van der Waals surface area contributed by atoms with E-state index in [-0.39, 0.29) is 18.0 Å². The number of hydrogen-bond acceptors (Lipinski definition) is 5. The van der Waals surface area contributed by atoms with Gasteiger partial charge in [0, 0.05) is 12.6 Å². The van der Waals surface area contributed by atoms with E-state index in [0.29, 0.717) is 5.56 Å². The van der Waals surface area contributed by atoms with Gasteiger partial charge in [-0.15, -0.1) is 0 Å². The second kappa shape index (κ2) is 6.86. The number of aromatic nitrogens is 2. The molecule has 0 atom stereocenters. The highest BCUT2D eigenvalue weighted by molar-refractivity contribution is 5.97. The highest BCUT2D eigenvalue weighted by atomic mass is 16.7. The van der Waals surface area contributed by atoms with E-state index in [9.17, 15) is 9.59 Å². The van der Waals surface area contributed by atoms with Gasteiger partial charge in [-0.1, -0.05) is 30.3 Å². The zero-order valence-corrected chi connectivity index (χ0v) is 12.6. The largest absolute Gasteiger partial charge is 0.456 e. The molecule has 0 fully saturated rings. The van der Waals surface area contributed by atoms with Crippen LogP contribution in [0.3, 0.4) is 0 Å². The summed E-state index contributed by atoms with van der Waals surface area (Å²) in [5, 5.41) is 7.44. The number of nitrogens with one attached hydrogen (secondary N) is 1. The maximum atomic E-state index is 12.1. The molecule has 1 amide bonds. The Hall–Kier alpha value is -2.67. The van der Waals surface area contributed by atoms with Crippen molar-refractivity contribution in [3.05, 3.63) is 52.8 Å². The molecule has 1 heterocycles. The summed E-state index contributed by atoms with van der Waals surface area (Å²) in [5.74, 6) is -1.01. The third-order valence-electron chi connectivity index (χ3n) is 3.19. The van der Waals surface area contributed by atoms with Crippen molar-refractivity contribution in [1.82, 2.24) is 15.3 Å². The monoisotopic (exact) mass is 303 g/mol. The van der Waals surface area contributed by atoms with E-state index >= 15 is 0 Å². The van der Waals surface area contributed by atoms with Gasteiger partial charge in [0.15, 0.2) is 5.69 Å². The number of H-pyrrole nitrogens is 1. The molecule has 0 aliphatic heterocycles. The quantitative estimate of drug-likeness (QED) is 0.671. The van der Waals surface area contributed by atoms with Gasteiger partial charge in [0.25, 0.3) is 5.91 Å². The molecule has 0 aliphatic carbocycles. The van der Waals surface area contributed by atoms with Crippen LogP contribution in [0, 0.1) is 6.92 Å². The fraction of sp³-hybridized carbons (Fsp3) is 0.267. The number of hydrogen-bond donors (Lipinski definition) is 1. The first-order valence-electron chi connectivity index (χ1n) is 6.62. The highest BCUT2D eigenvalue weighted by Gasteiger charge is 2.23. The molecule has 0 bridgehead atoms. The van der Waals surface area contributed by atoms with E-state index in [4.69, 9.17) is 9.57 Å². The Balaban J connectivity index is 2.08. The summed E-state index contributed by atoms with van der Waals surface area (Å²) in [6.45, 7) is 1.78. The number of rotatable bonds is 5. The smallest absolute Gasteiger partial charge is 0.356 e. The number of nitrogens with zero attached hydrogens (tertiary/aromatic N) is 2. The Bertz CT molecular complexity index is 667. The van der Waals surface area contributed by atoms with Crippen molar-refractivity contribution in [1.29, 1.82) is 0 Å². The molecule has 0 saturated carbocycles. The third-order valence-corrected chi connectivity index (χ3v) is 3.19. The molecule has 1 aromatic carbocycles. The Kier molecular flexibility index (Phi) is 4.90. The SMILES string of the molecule is CON(C)C(=O)c1n[nH]c(C(=O)OCc2ccccc2)c1C. The summed E-state index contributed by atoms with van der Waals surface area (Å²) >= 11 is 0. The lowest BCUT2D eigenvalue weighted by Crippen LogP contribution is -2.26. The Morgan fingerprint density at radius 2 is 1.95 bits per heavy atom. The van der Waals surface area contributed by atoms with Crippen LogP contribution < -0.4 is 0 Å². The molecule has 1 N–H and O–H groups in total. The van der Waals surface area contributed by atoms with Gasteiger partial charge >= 0.3 is 5.97 Å². The molecule has 0 radical (unpaired) electrons. The number of carbonyl (C=O) groups excluding carboxylic acids is 2. The molecule has 0 unspecified atom stereocenters. The van der Waals surface area contributed by atoms with E-state index in [2.05, 4.69) is 10.2 Å². The van der Waals surface area contributed by atoms with Crippen LogP contribution in [0.1, 0.15) is 32.1 Å². The van der Waals surface area contributed by atoms with Crippen LogP contribution in [0.25, 0.3) is 0 Å². The lowest BCUT2D eigenvalue weighted by atomic mass is 10.2. The summed E-state index contributed by atoms with van der Waals surface area (Å²) in [6, 6.07) is 9.32. The molecule has 1 aromatic heterocycles. The molecule has 116 valence electrons. The summed E-state index contributed by atoms with van der Waals surface area (Å²) in [6.07, 6.45) is 0. The standard InChI is InChI=1S/C15H17N3O4/c1-10-12(14(19)18(2)21-3)16-17-13(10)15(20)22-9-11-7-5-4-6-8-11/h4-8H,9H2,1-3H3,(H,16,17). The van der Waals surface area contributed by atoms with E-state index in [1.165, 1.54) is 14.2 Å². The fourth-order valence-electron chi connectivity index (χ4n) is 1.83.